The molecule has 0 saturated heterocycles. The minimum Gasteiger partial charge on any atom is -0.490 e. The highest BCUT2D eigenvalue weighted by Gasteiger charge is 2.15. The second-order valence-electron chi connectivity index (χ2n) is 6.16. The smallest absolute Gasteiger partial charge is 0.379 e. The van der Waals surface area contributed by atoms with Gasteiger partial charge in [0.1, 0.15) is 5.75 Å². The Hall–Kier alpha value is -3.30. The van der Waals surface area contributed by atoms with Crippen molar-refractivity contribution >= 4 is 45.6 Å². The largest absolute Gasteiger partial charge is 0.490 e. The number of amides is 1. The van der Waals surface area contributed by atoms with Crippen LogP contribution in [0.15, 0.2) is 68.8 Å². The number of hydrazone groups is 1. The minimum absolute atomic E-state index is 0.0775. The molecule has 0 spiro atoms. The molecule has 32 heavy (non-hydrogen) atoms. The summed E-state index contributed by atoms with van der Waals surface area (Å²) < 4.78 is 22.0. The van der Waals surface area contributed by atoms with Crippen molar-refractivity contribution in [1.82, 2.24) is 5.43 Å². The Morgan fingerprint density at radius 2 is 1.94 bits per heavy atom. The van der Waals surface area contributed by atoms with Gasteiger partial charge in [-0.2, -0.15) is 5.10 Å². The third kappa shape index (κ3) is 6.60. The van der Waals surface area contributed by atoms with Gasteiger partial charge in [0.2, 0.25) is 5.76 Å². The fourth-order valence-corrected chi connectivity index (χ4v) is 3.25. The summed E-state index contributed by atoms with van der Waals surface area (Å²) in [6.07, 6.45) is 2.81. The van der Waals surface area contributed by atoms with Crippen molar-refractivity contribution in [1.29, 1.82) is 0 Å². The monoisotopic (exact) mass is 520 g/mol. The van der Waals surface area contributed by atoms with Crippen molar-refractivity contribution in [2.45, 2.75) is 6.92 Å². The molecule has 1 aromatic heterocycles. The van der Waals surface area contributed by atoms with Crippen molar-refractivity contribution in [3.8, 4) is 17.2 Å². The number of esters is 1. The molecule has 2 aromatic carbocycles. The van der Waals surface area contributed by atoms with Gasteiger partial charge in [-0.3, -0.25) is 4.79 Å². The lowest BCUT2D eigenvalue weighted by atomic mass is 10.2. The van der Waals surface area contributed by atoms with Gasteiger partial charge >= 0.3 is 5.97 Å². The van der Waals surface area contributed by atoms with Gasteiger partial charge in [-0.25, -0.2) is 10.2 Å². The van der Waals surface area contributed by atoms with E-state index in [1.165, 1.54) is 18.5 Å². The summed E-state index contributed by atoms with van der Waals surface area (Å²) in [5, 5.41) is 4.45. The van der Waals surface area contributed by atoms with Gasteiger partial charge in [0.15, 0.2) is 18.1 Å². The fraction of sp³-hybridized carbons (Fsp3) is 0.136. The number of ether oxygens (including phenoxy) is 3. The molecule has 0 fully saturated rings. The van der Waals surface area contributed by atoms with E-state index in [-0.39, 0.29) is 18.1 Å². The Morgan fingerprint density at radius 3 is 2.66 bits per heavy atom. The lowest BCUT2D eigenvalue weighted by Crippen LogP contribution is -2.24. The summed E-state index contributed by atoms with van der Waals surface area (Å²) >= 11 is 9.19. The third-order valence-electron chi connectivity index (χ3n) is 3.85. The first-order valence-electron chi connectivity index (χ1n) is 9.38. The van der Waals surface area contributed by atoms with Crippen LogP contribution in [0.5, 0.6) is 17.2 Å². The van der Waals surface area contributed by atoms with Gasteiger partial charge in [-0.05, 0) is 76.9 Å². The average Bonchev–Trinajstić information content (AvgIpc) is 3.30. The summed E-state index contributed by atoms with van der Waals surface area (Å²) in [5.74, 6) is 0.0484. The molecule has 0 saturated carbocycles. The quantitative estimate of drug-likeness (QED) is 0.187. The third-order valence-corrected chi connectivity index (χ3v) is 4.70. The molecule has 8 nitrogen and oxygen atoms in total. The molecule has 0 radical (unpaired) electrons. The van der Waals surface area contributed by atoms with Gasteiger partial charge in [0.25, 0.3) is 5.91 Å². The van der Waals surface area contributed by atoms with Crippen molar-refractivity contribution in [3.63, 3.8) is 0 Å². The second-order valence-corrected chi connectivity index (χ2v) is 7.45. The summed E-state index contributed by atoms with van der Waals surface area (Å²) in [6, 6.07) is 12.9. The zero-order valence-corrected chi connectivity index (χ0v) is 19.2. The Morgan fingerprint density at radius 1 is 1.12 bits per heavy atom. The number of nitrogens with zero attached hydrogens (tertiary/aromatic N) is 1. The molecule has 3 rings (SSSR count). The molecule has 0 unspecified atom stereocenters. The molecule has 10 heteroatoms. The van der Waals surface area contributed by atoms with E-state index in [0.29, 0.717) is 33.2 Å². The molecule has 1 heterocycles. The summed E-state index contributed by atoms with van der Waals surface area (Å²) in [6.45, 7) is 1.93. The van der Waals surface area contributed by atoms with Gasteiger partial charge in [-0.1, -0.05) is 11.6 Å². The zero-order valence-electron chi connectivity index (χ0n) is 16.8. The maximum Gasteiger partial charge on any atom is 0.379 e. The average molecular weight is 522 g/mol. The van der Waals surface area contributed by atoms with E-state index in [9.17, 15) is 9.59 Å². The van der Waals surface area contributed by atoms with Crippen LogP contribution in [0.2, 0.25) is 5.02 Å². The van der Waals surface area contributed by atoms with E-state index in [2.05, 4.69) is 26.5 Å². The highest BCUT2D eigenvalue weighted by molar-refractivity contribution is 9.10. The predicted octanol–water partition coefficient (Wildman–Crippen LogP) is 4.84. The van der Waals surface area contributed by atoms with E-state index < -0.39 is 11.9 Å². The SMILES string of the molecule is CCOc1cc(C=NNC(=O)COc2ccc(Cl)cc2Br)ccc1OC(=O)c1ccco1. The van der Waals surface area contributed by atoms with E-state index in [1.807, 2.05) is 0 Å². The first-order valence-corrected chi connectivity index (χ1v) is 10.6. The lowest BCUT2D eigenvalue weighted by Gasteiger charge is -2.10. The summed E-state index contributed by atoms with van der Waals surface area (Å²) in [5.41, 5.74) is 2.99. The molecule has 0 atom stereocenters. The van der Waals surface area contributed by atoms with Crippen LogP contribution in [0.4, 0.5) is 0 Å². The van der Waals surface area contributed by atoms with Crippen molar-refractivity contribution in [2.24, 2.45) is 5.10 Å². The number of hydrogen-bond donors (Lipinski definition) is 1. The van der Waals surface area contributed by atoms with Crippen LogP contribution in [-0.2, 0) is 4.79 Å². The van der Waals surface area contributed by atoms with Crippen LogP contribution in [0.3, 0.4) is 0 Å². The van der Waals surface area contributed by atoms with Crippen LogP contribution in [0.1, 0.15) is 23.0 Å². The zero-order chi connectivity index (χ0) is 22.9. The van der Waals surface area contributed by atoms with Crippen molar-refractivity contribution in [3.05, 3.63) is 75.6 Å². The van der Waals surface area contributed by atoms with Crippen molar-refractivity contribution < 1.29 is 28.2 Å². The Labute approximate surface area is 197 Å². The molecular formula is C22H18BrClN2O6. The van der Waals surface area contributed by atoms with Gasteiger partial charge in [-0.15, -0.1) is 0 Å². The summed E-state index contributed by atoms with van der Waals surface area (Å²) in [7, 11) is 0. The second kappa shape index (κ2) is 11.4. The van der Waals surface area contributed by atoms with Crippen LogP contribution in [0, 0.1) is 0 Å². The summed E-state index contributed by atoms with van der Waals surface area (Å²) in [4.78, 5) is 24.1. The minimum atomic E-state index is -0.642. The Balaban J connectivity index is 1.58. The first kappa shape index (κ1) is 23.4. The maximum atomic E-state index is 12.1. The molecular weight excluding hydrogens is 504 g/mol. The number of carbonyl (C=O) groups excluding carboxylic acids is 2. The number of carbonyl (C=O) groups is 2. The normalized spacial score (nSPS) is 10.7. The number of hydrogen-bond acceptors (Lipinski definition) is 7. The molecule has 1 N–H and O–H groups in total. The first-order chi connectivity index (χ1) is 15.5. The van der Waals surface area contributed by atoms with Crippen LogP contribution < -0.4 is 19.6 Å². The lowest BCUT2D eigenvalue weighted by molar-refractivity contribution is -0.123. The number of nitrogens with one attached hydrogen (secondary N) is 1. The highest BCUT2D eigenvalue weighted by atomic mass is 79.9. The van der Waals surface area contributed by atoms with E-state index in [1.54, 1.807) is 49.4 Å². The van der Waals surface area contributed by atoms with Crippen molar-refractivity contribution in [2.75, 3.05) is 13.2 Å². The molecule has 1 amide bonds. The van der Waals surface area contributed by atoms with Crippen LogP contribution >= 0.6 is 27.5 Å². The van der Waals surface area contributed by atoms with Gasteiger partial charge in [0.05, 0.1) is 23.6 Å². The fourth-order valence-electron chi connectivity index (χ4n) is 2.45. The molecule has 0 bridgehead atoms. The molecule has 166 valence electrons. The van der Waals surface area contributed by atoms with E-state index in [0.717, 1.165) is 0 Å². The molecule has 0 aliphatic heterocycles. The van der Waals surface area contributed by atoms with E-state index in [4.69, 9.17) is 30.2 Å². The molecule has 3 aromatic rings. The Bertz CT molecular complexity index is 1120. The highest BCUT2D eigenvalue weighted by Crippen LogP contribution is 2.29. The maximum absolute atomic E-state index is 12.1. The molecule has 0 aliphatic rings. The Kier molecular flexibility index (Phi) is 8.29. The number of furan rings is 1. The van der Waals surface area contributed by atoms with Gasteiger partial charge in [0, 0.05) is 5.02 Å². The van der Waals surface area contributed by atoms with Crippen LogP contribution in [0.25, 0.3) is 0 Å². The molecule has 0 aliphatic carbocycles. The van der Waals surface area contributed by atoms with Gasteiger partial charge < -0.3 is 18.6 Å². The number of benzene rings is 2. The number of rotatable bonds is 9. The topological polar surface area (TPSA) is 99.4 Å². The predicted molar refractivity (Wildman–Crippen MR) is 122 cm³/mol. The van der Waals surface area contributed by atoms with Crippen LogP contribution in [-0.4, -0.2) is 31.3 Å². The number of halogens is 2. The van der Waals surface area contributed by atoms with E-state index >= 15 is 0 Å². The standard InChI is InChI=1S/C22H18BrClN2O6/c1-2-29-20-10-14(5-7-18(20)32-22(28)19-4-3-9-30-19)12-25-26-21(27)13-31-17-8-6-15(24)11-16(17)23/h3-12H,2,13H2,1H3,(H,26,27).